The van der Waals surface area contributed by atoms with Crippen molar-refractivity contribution in [1.29, 1.82) is 0 Å². The van der Waals surface area contributed by atoms with Crippen LogP contribution < -0.4 is 4.74 Å². The van der Waals surface area contributed by atoms with E-state index >= 15 is 4.79 Å². The fraction of sp³-hybridized carbons (Fsp3) is 0.500. The fourth-order valence-electron chi connectivity index (χ4n) is 8.31. The molecule has 3 aromatic rings. The molecule has 0 unspecified atom stereocenters. The normalized spacial score (nSPS) is 23.2. The van der Waals surface area contributed by atoms with Gasteiger partial charge in [0.2, 0.25) is 0 Å². The zero-order valence-corrected chi connectivity index (χ0v) is 35.8. The van der Waals surface area contributed by atoms with Crippen LogP contribution in [0.2, 0.25) is 15.1 Å². The first kappa shape index (κ1) is 41.8. The standard InChI is InChI=1S/C40H49Cl3N4O6S2/c1-6-53-34-27-33(43)35(54(5,49)50)26-32(34)36-44-38(3,28-8-12-30(41)13-9-28)39(4,29-10-14-31(42)15-11-29)47(36)37(48)46-22-18-40(19-23-46)16-20-45(21-17-40)24-25-55(51,52)7-2/h8-15,26-27H,6-7,16-25H2,1-5H3/t38-,39+/m0/s1. The largest absolute Gasteiger partial charge is 0.493 e. The van der Waals surface area contributed by atoms with Gasteiger partial charge in [-0.3, -0.25) is 9.89 Å². The molecule has 3 heterocycles. The third-order valence-corrected chi connectivity index (χ3v) is 15.8. The van der Waals surface area contributed by atoms with Gasteiger partial charge in [-0.25, -0.2) is 21.6 Å². The highest BCUT2D eigenvalue weighted by atomic mass is 35.5. The number of likely N-dealkylation sites (tertiary alicyclic amines) is 2. The Balaban J connectivity index is 1.43. The Morgan fingerprint density at radius 2 is 1.36 bits per heavy atom. The van der Waals surface area contributed by atoms with E-state index < -0.39 is 30.8 Å². The maximum absolute atomic E-state index is 15.4. The van der Waals surface area contributed by atoms with E-state index in [0.29, 0.717) is 41.0 Å². The first-order valence-electron chi connectivity index (χ1n) is 18.7. The molecule has 2 atom stereocenters. The zero-order valence-electron chi connectivity index (χ0n) is 31.9. The molecule has 298 valence electrons. The summed E-state index contributed by atoms with van der Waals surface area (Å²) in [6.07, 6.45) is 4.57. The van der Waals surface area contributed by atoms with Crippen molar-refractivity contribution in [3.8, 4) is 5.75 Å². The summed E-state index contributed by atoms with van der Waals surface area (Å²) in [5.41, 5.74) is -0.371. The second-order valence-electron chi connectivity index (χ2n) is 15.3. The Hall–Kier alpha value is -2.87. The number of hydrogen-bond donors (Lipinski definition) is 0. The van der Waals surface area contributed by atoms with E-state index in [4.69, 9.17) is 44.5 Å². The van der Waals surface area contributed by atoms with E-state index in [1.807, 2.05) is 49.9 Å². The molecule has 6 rings (SSSR count). The molecule has 2 fully saturated rings. The Morgan fingerprint density at radius 1 is 0.818 bits per heavy atom. The smallest absolute Gasteiger partial charge is 0.326 e. The van der Waals surface area contributed by atoms with Gasteiger partial charge in [0, 0.05) is 47.8 Å². The summed E-state index contributed by atoms with van der Waals surface area (Å²) >= 11 is 19.4. The van der Waals surface area contributed by atoms with Gasteiger partial charge in [-0.1, -0.05) is 66.0 Å². The lowest BCUT2D eigenvalue weighted by Gasteiger charge is -2.50. The Morgan fingerprint density at radius 3 is 1.89 bits per heavy atom. The minimum atomic E-state index is -3.80. The van der Waals surface area contributed by atoms with Crippen LogP contribution in [-0.4, -0.2) is 100 Å². The fourth-order valence-corrected chi connectivity index (χ4v) is 10.7. The maximum Gasteiger partial charge on any atom is 0.326 e. The van der Waals surface area contributed by atoms with Crippen LogP contribution >= 0.6 is 34.8 Å². The maximum atomic E-state index is 15.4. The Labute approximate surface area is 340 Å². The van der Waals surface area contributed by atoms with Gasteiger partial charge in [0.1, 0.15) is 22.7 Å². The summed E-state index contributed by atoms with van der Waals surface area (Å²) in [6, 6.07) is 17.4. The molecular formula is C40H49Cl3N4O6S2. The van der Waals surface area contributed by atoms with E-state index in [1.54, 1.807) is 36.1 Å². The second kappa shape index (κ2) is 15.8. The SMILES string of the molecule is CCOc1cc(Cl)c(S(C)(=O)=O)cc1C1=N[C@@](C)(c2ccc(Cl)cc2)[C@@](C)(c2ccc(Cl)cc2)N1C(=O)N1CCC2(CCN(CCS(=O)(=O)CC)CC2)CC1. The number of ether oxygens (including phenoxy) is 1. The van der Waals surface area contributed by atoms with Crippen LogP contribution in [0.3, 0.4) is 0 Å². The van der Waals surface area contributed by atoms with Crippen molar-refractivity contribution in [3.05, 3.63) is 92.4 Å². The lowest BCUT2D eigenvalue weighted by atomic mass is 9.70. The quantitative estimate of drug-likeness (QED) is 0.203. The molecule has 0 N–H and O–H groups in total. The molecule has 0 radical (unpaired) electrons. The predicted octanol–water partition coefficient (Wildman–Crippen LogP) is 8.07. The van der Waals surface area contributed by atoms with Crippen LogP contribution in [0.1, 0.15) is 70.1 Å². The van der Waals surface area contributed by atoms with Gasteiger partial charge in [0.15, 0.2) is 19.7 Å². The average molecular weight is 852 g/mol. The van der Waals surface area contributed by atoms with E-state index in [-0.39, 0.29) is 45.3 Å². The number of piperidine rings is 2. The number of urea groups is 1. The molecule has 55 heavy (non-hydrogen) atoms. The summed E-state index contributed by atoms with van der Waals surface area (Å²) in [5, 5.41) is 1.08. The lowest BCUT2D eigenvalue weighted by Crippen LogP contribution is -2.60. The summed E-state index contributed by atoms with van der Waals surface area (Å²) in [4.78, 5) is 26.6. The van der Waals surface area contributed by atoms with Crippen LogP contribution in [0, 0.1) is 5.41 Å². The van der Waals surface area contributed by atoms with E-state index in [9.17, 15) is 16.8 Å². The highest BCUT2D eigenvalue weighted by molar-refractivity contribution is 7.91. The number of sulfone groups is 2. The number of carbonyl (C=O) groups is 1. The highest BCUT2D eigenvalue weighted by Gasteiger charge is 2.60. The number of benzene rings is 3. The van der Waals surface area contributed by atoms with Crippen molar-refractivity contribution in [3.63, 3.8) is 0 Å². The van der Waals surface area contributed by atoms with Crippen molar-refractivity contribution in [2.45, 2.75) is 69.4 Å². The monoisotopic (exact) mass is 850 g/mol. The molecule has 2 amide bonds. The van der Waals surface area contributed by atoms with Crippen molar-refractivity contribution in [2.75, 3.05) is 57.1 Å². The summed E-state index contributed by atoms with van der Waals surface area (Å²) in [7, 11) is -6.83. The van der Waals surface area contributed by atoms with Crippen LogP contribution in [-0.2, 0) is 30.8 Å². The molecule has 0 saturated carbocycles. The van der Waals surface area contributed by atoms with E-state index in [2.05, 4.69) is 4.90 Å². The number of rotatable bonds is 10. The van der Waals surface area contributed by atoms with Gasteiger partial charge in [-0.2, -0.15) is 0 Å². The van der Waals surface area contributed by atoms with Crippen molar-refractivity contribution in [2.24, 2.45) is 10.4 Å². The molecular weight excluding hydrogens is 803 g/mol. The van der Waals surface area contributed by atoms with E-state index in [0.717, 1.165) is 56.2 Å². The molecule has 2 saturated heterocycles. The van der Waals surface area contributed by atoms with Gasteiger partial charge < -0.3 is 14.5 Å². The van der Waals surface area contributed by atoms with Gasteiger partial charge >= 0.3 is 6.03 Å². The third kappa shape index (κ3) is 8.14. The number of aliphatic imine (C=N–C) groups is 1. The number of hydrogen-bond acceptors (Lipinski definition) is 8. The van der Waals surface area contributed by atoms with Gasteiger partial charge in [-0.15, -0.1) is 0 Å². The predicted molar refractivity (Wildman–Crippen MR) is 220 cm³/mol. The molecule has 1 spiro atoms. The molecule has 0 bridgehead atoms. The van der Waals surface area contributed by atoms with Crippen LogP contribution in [0.5, 0.6) is 5.75 Å². The second-order valence-corrected chi connectivity index (χ2v) is 21.0. The molecule has 3 aliphatic rings. The van der Waals surface area contributed by atoms with Crippen molar-refractivity contribution < 1.29 is 26.4 Å². The molecule has 3 aromatic carbocycles. The van der Waals surface area contributed by atoms with Crippen LogP contribution in [0.15, 0.2) is 70.6 Å². The first-order chi connectivity index (χ1) is 25.9. The number of nitrogens with zero attached hydrogens (tertiary/aromatic N) is 4. The van der Waals surface area contributed by atoms with Gasteiger partial charge in [-0.05, 0) is 106 Å². The van der Waals surface area contributed by atoms with Crippen LogP contribution in [0.25, 0.3) is 0 Å². The third-order valence-electron chi connectivity index (χ3n) is 12.1. The Bertz CT molecular complexity index is 2170. The Kier molecular flexibility index (Phi) is 12.0. The summed E-state index contributed by atoms with van der Waals surface area (Å²) in [6.45, 7) is 10.9. The number of amidine groups is 1. The summed E-state index contributed by atoms with van der Waals surface area (Å²) in [5.74, 6) is 0.869. The molecule has 10 nitrogen and oxygen atoms in total. The molecule has 0 aromatic heterocycles. The highest BCUT2D eigenvalue weighted by Crippen LogP contribution is 2.54. The first-order valence-corrected chi connectivity index (χ1v) is 23.5. The van der Waals surface area contributed by atoms with Crippen molar-refractivity contribution >= 4 is 66.3 Å². The average Bonchev–Trinajstić information content (AvgIpc) is 3.39. The number of carbonyl (C=O) groups excluding carboxylic acids is 1. The van der Waals surface area contributed by atoms with E-state index in [1.165, 1.54) is 12.1 Å². The van der Waals surface area contributed by atoms with Gasteiger partial charge in [0.05, 0.1) is 27.8 Å². The number of amides is 2. The number of halogens is 3. The topological polar surface area (TPSA) is 117 Å². The minimum absolute atomic E-state index is 0.00598. The zero-order chi connectivity index (χ0) is 40.0. The summed E-state index contributed by atoms with van der Waals surface area (Å²) < 4.78 is 56.5. The molecule has 0 aliphatic carbocycles. The lowest BCUT2D eigenvalue weighted by molar-refractivity contribution is 0.0363. The van der Waals surface area contributed by atoms with Crippen molar-refractivity contribution in [1.82, 2.24) is 14.7 Å². The molecule has 15 heteroatoms. The molecule has 3 aliphatic heterocycles. The van der Waals surface area contributed by atoms with Crippen LogP contribution in [0.4, 0.5) is 4.79 Å². The van der Waals surface area contributed by atoms with Gasteiger partial charge in [0.25, 0.3) is 0 Å². The minimum Gasteiger partial charge on any atom is -0.493 e.